The van der Waals surface area contributed by atoms with Gasteiger partial charge >= 0.3 is 5.97 Å². The SMILES string of the molecule is COc1ccc(OC)c(C(c2ccc(-c3ccccc3)cc2)N2CCCCC2C(=O)O)c1. The molecule has 0 saturated carbocycles. The molecule has 2 unspecified atom stereocenters. The lowest BCUT2D eigenvalue weighted by Gasteiger charge is -2.40. The number of hydrogen-bond acceptors (Lipinski definition) is 4. The Labute approximate surface area is 189 Å². The van der Waals surface area contributed by atoms with Crippen LogP contribution in [0.5, 0.6) is 11.5 Å². The average molecular weight is 432 g/mol. The van der Waals surface area contributed by atoms with Crippen LogP contribution in [0.2, 0.25) is 0 Å². The van der Waals surface area contributed by atoms with Crippen molar-refractivity contribution in [1.82, 2.24) is 4.90 Å². The second kappa shape index (κ2) is 9.88. The Kier molecular flexibility index (Phi) is 6.76. The first-order chi connectivity index (χ1) is 15.6. The maximum Gasteiger partial charge on any atom is 0.320 e. The highest BCUT2D eigenvalue weighted by atomic mass is 16.5. The number of ether oxygens (including phenoxy) is 2. The van der Waals surface area contributed by atoms with E-state index in [0.717, 1.165) is 46.6 Å². The summed E-state index contributed by atoms with van der Waals surface area (Å²) in [5.41, 5.74) is 4.21. The van der Waals surface area contributed by atoms with E-state index in [9.17, 15) is 9.90 Å². The van der Waals surface area contributed by atoms with E-state index in [1.165, 1.54) is 0 Å². The molecule has 0 aliphatic carbocycles. The smallest absolute Gasteiger partial charge is 0.320 e. The second-order valence-electron chi connectivity index (χ2n) is 8.09. The third-order valence-electron chi connectivity index (χ3n) is 6.23. The van der Waals surface area contributed by atoms with Gasteiger partial charge in [0.15, 0.2) is 0 Å². The number of likely N-dealkylation sites (tertiary alicyclic amines) is 1. The van der Waals surface area contributed by atoms with Crippen molar-refractivity contribution in [1.29, 1.82) is 0 Å². The van der Waals surface area contributed by atoms with Gasteiger partial charge in [0.05, 0.1) is 20.3 Å². The monoisotopic (exact) mass is 431 g/mol. The molecule has 0 amide bonds. The Hall–Kier alpha value is -3.31. The topological polar surface area (TPSA) is 59.0 Å². The molecular formula is C27H29NO4. The van der Waals surface area contributed by atoms with Gasteiger partial charge in [-0.2, -0.15) is 0 Å². The van der Waals surface area contributed by atoms with Gasteiger partial charge in [0, 0.05) is 5.56 Å². The first-order valence-electron chi connectivity index (χ1n) is 11.0. The highest BCUT2D eigenvalue weighted by Gasteiger charge is 2.36. The molecule has 32 heavy (non-hydrogen) atoms. The molecule has 5 heteroatoms. The van der Waals surface area contributed by atoms with Crippen LogP contribution in [0.1, 0.15) is 36.4 Å². The molecule has 1 aliphatic rings. The lowest BCUT2D eigenvalue weighted by Crippen LogP contribution is -2.46. The van der Waals surface area contributed by atoms with Crippen molar-refractivity contribution in [3.63, 3.8) is 0 Å². The van der Waals surface area contributed by atoms with E-state index in [1.807, 2.05) is 36.4 Å². The number of carboxylic acid groups (broad SMARTS) is 1. The summed E-state index contributed by atoms with van der Waals surface area (Å²) in [6.07, 6.45) is 2.53. The van der Waals surface area contributed by atoms with Crippen LogP contribution in [0.15, 0.2) is 72.8 Å². The fourth-order valence-electron chi connectivity index (χ4n) is 4.62. The summed E-state index contributed by atoms with van der Waals surface area (Å²) in [4.78, 5) is 14.2. The van der Waals surface area contributed by atoms with Crippen molar-refractivity contribution >= 4 is 5.97 Å². The molecule has 5 nitrogen and oxygen atoms in total. The van der Waals surface area contributed by atoms with Gasteiger partial charge in [-0.1, -0.05) is 61.0 Å². The van der Waals surface area contributed by atoms with E-state index in [0.29, 0.717) is 13.0 Å². The summed E-state index contributed by atoms with van der Waals surface area (Å²) in [5, 5.41) is 9.97. The summed E-state index contributed by atoms with van der Waals surface area (Å²) < 4.78 is 11.2. The first kappa shape index (κ1) is 21.9. The Morgan fingerprint density at radius 1 is 0.938 bits per heavy atom. The Bertz CT molecular complexity index is 1050. The number of aliphatic carboxylic acids is 1. The third kappa shape index (κ3) is 4.48. The number of carboxylic acids is 1. The van der Waals surface area contributed by atoms with Crippen molar-refractivity contribution in [3.8, 4) is 22.6 Å². The third-order valence-corrected chi connectivity index (χ3v) is 6.23. The zero-order valence-electron chi connectivity index (χ0n) is 18.5. The number of methoxy groups -OCH3 is 2. The van der Waals surface area contributed by atoms with Crippen molar-refractivity contribution in [2.45, 2.75) is 31.3 Å². The summed E-state index contributed by atoms with van der Waals surface area (Å²) in [7, 11) is 3.28. The number of hydrogen-bond donors (Lipinski definition) is 1. The van der Waals surface area contributed by atoms with Gasteiger partial charge < -0.3 is 14.6 Å². The minimum absolute atomic E-state index is 0.258. The highest BCUT2D eigenvalue weighted by Crippen LogP contribution is 2.40. The maximum atomic E-state index is 12.2. The van der Waals surface area contributed by atoms with Gasteiger partial charge in [0.2, 0.25) is 0 Å². The number of piperidine rings is 1. The lowest BCUT2D eigenvalue weighted by atomic mass is 9.90. The predicted molar refractivity (Wildman–Crippen MR) is 125 cm³/mol. The summed E-state index contributed by atoms with van der Waals surface area (Å²) >= 11 is 0. The maximum absolute atomic E-state index is 12.2. The molecule has 0 aromatic heterocycles. The van der Waals surface area contributed by atoms with E-state index in [4.69, 9.17) is 9.47 Å². The quantitative estimate of drug-likeness (QED) is 0.543. The van der Waals surface area contributed by atoms with E-state index in [2.05, 4.69) is 41.3 Å². The van der Waals surface area contributed by atoms with Crippen LogP contribution in [0.4, 0.5) is 0 Å². The van der Waals surface area contributed by atoms with E-state index in [-0.39, 0.29) is 6.04 Å². The first-order valence-corrected chi connectivity index (χ1v) is 11.0. The summed E-state index contributed by atoms with van der Waals surface area (Å²) in [6, 6.07) is 23.5. The standard InChI is InChI=1S/C27H29NO4/c1-31-22-15-16-25(32-2)23(18-22)26(28-17-7-6-10-24(28)27(29)30)21-13-11-20(12-14-21)19-8-4-3-5-9-19/h3-5,8-9,11-16,18,24,26H,6-7,10,17H2,1-2H3,(H,29,30). The molecule has 0 bridgehead atoms. The van der Waals surface area contributed by atoms with E-state index < -0.39 is 12.0 Å². The van der Waals surface area contributed by atoms with Crippen LogP contribution in [-0.2, 0) is 4.79 Å². The minimum Gasteiger partial charge on any atom is -0.497 e. The molecular weight excluding hydrogens is 402 g/mol. The molecule has 1 saturated heterocycles. The summed E-state index contributed by atoms with van der Waals surface area (Å²) in [6.45, 7) is 0.711. The van der Waals surface area contributed by atoms with Crippen molar-refractivity contribution in [2.75, 3.05) is 20.8 Å². The van der Waals surface area contributed by atoms with Gasteiger partial charge in [-0.05, 0) is 54.3 Å². The zero-order valence-corrected chi connectivity index (χ0v) is 18.5. The van der Waals surface area contributed by atoms with Crippen molar-refractivity contribution in [2.24, 2.45) is 0 Å². The van der Waals surface area contributed by atoms with Gasteiger partial charge in [0.1, 0.15) is 17.5 Å². The van der Waals surface area contributed by atoms with Crippen LogP contribution in [0.25, 0.3) is 11.1 Å². The van der Waals surface area contributed by atoms with Crippen LogP contribution >= 0.6 is 0 Å². The Balaban J connectivity index is 1.82. The van der Waals surface area contributed by atoms with E-state index in [1.54, 1.807) is 14.2 Å². The minimum atomic E-state index is -0.780. The molecule has 3 aromatic rings. The van der Waals surface area contributed by atoms with Crippen LogP contribution in [0, 0.1) is 0 Å². The number of benzene rings is 3. The molecule has 0 radical (unpaired) electrons. The van der Waals surface area contributed by atoms with Crippen molar-refractivity contribution in [3.05, 3.63) is 83.9 Å². The van der Waals surface area contributed by atoms with E-state index >= 15 is 0 Å². The molecule has 2 atom stereocenters. The second-order valence-corrected chi connectivity index (χ2v) is 8.09. The molecule has 1 aliphatic heterocycles. The number of carbonyl (C=O) groups is 1. The molecule has 0 spiro atoms. The van der Waals surface area contributed by atoms with Gasteiger partial charge in [-0.15, -0.1) is 0 Å². The fourth-order valence-corrected chi connectivity index (χ4v) is 4.62. The Morgan fingerprint density at radius 3 is 2.31 bits per heavy atom. The lowest BCUT2D eigenvalue weighted by molar-refractivity contribution is -0.145. The van der Waals surface area contributed by atoms with Crippen LogP contribution in [-0.4, -0.2) is 42.8 Å². The van der Waals surface area contributed by atoms with Crippen LogP contribution < -0.4 is 9.47 Å². The fraction of sp³-hybridized carbons (Fsp3) is 0.296. The highest BCUT2D eigenvalue weighted by molar-refractivity contribution is 5.74. The molecule has 1 N–H and O–H groups in total. The van der Waals surface area contributed by atoms with Crippen LogP contribution in [0.3, 0.4) is 0 Å². The van der Waals surface area contributed by atoms with Gasteiger partial charge in [-0.25, -0.2) is 0 Å². The zero-order chi connectivity index (χ0) is 22.5. The summed E-state index contributed by atoms with van der Waals surface area (Å²) in [5.74, 6) is 0.658. The number of nitrogens with zero attached hydrogens (tertiary/aromatic N) is 1. The Morgan fingerprint density at radius 2 is 1.66 bits per heavy atom. The van der Waals surface area contributed by atoms with Gasteiger partial charge in [-0.3, -0.25) is 9.69 Å². The molecule has 1 heterocycles. The normalized spacial score (nSPS) is 17.5. The largest absolute Gasteiger partial charge is 0.497 e. The predicted octanol–water partition coefficient (Wildman–Crippen LogP) is 5.40. The molecule has 3 aromatic carbocycles. The van der Waals surface area contributed by atoms with Gasteiger partial charge in [0.25, 0.3) is 0 Å². The average Bonchev–Trinajstić information content (AvgIpc) is 2.85. The van der Waals surface area contributed by atoms with Crippen molar-refractivity contribution < 1.29 is 19.4 Å². The molecule has 166 valence electrons. The molecule has 4 rings (SSSR count). The molecule has 1 fully saturated rings. The number of rotatable bonds is 7.